The molecular weight excluding hydrogens is 527 g/mol. The van der Waals surface area contributed by atoms with Crippen molar-refractivity contribution in [3.8, 4) is 0 Å². The molecular formula is C40H41OP. The fourth-order valence-corrected chi connectivity index (χ4v) is 8.26. The molecule has 42 heavy (non-hydrogen) atoms. The number of hydrogen-bond donors (Lipinski definition) is 0. The maximum absolute atomic E-state index is 15.5. The zero-order valence-corrected chi connectivity index (χ0v) is 26.5. The molecule has 0 spiro atoms. The standard InChI is InChI=1S/C40H41OP/c1-39(2,3)32-25-21-30(22-26-32)29-37(31-23-27-33(28-24-31)40(4,5)6)36-19-13-14-20-38(36)42(41,34-15-9-7-10-16-34)35-17-11-8-12-18-35/h7-29H,1-6H3/b37-29+. The van der Waals surface area contributed by atoms with Gasteiger partial charge in [0.2, 0.25) is 0 Å². The Balaban J connectivity index is 1.77. The Morgan fingerprint density at radius 2 is 0.952 bits per heavy atom. The molecule has 0 fully saturated rings. The minimum Gasteiger partial charge on any atom is -0.309 e. The molecule has 2 heteroatoms. The van der Waals surface area contributed by atoms with E-state index in [4.69, 9.17) is 0 Å². The van der Waals surface area contributed by atoms with Gasteiger partial charge >= 0.3 is 0 Å². The molecule has 0 unspecified atom stereocenters. The van der Waals surface area contributed by atoms with E-state index in [1.165, 1.54) is 11.1 Å². The lowest BCUT2D eigenvalue weighted by Gasteiger charge is -2.24. The fraction of sp³-hybridized carbons (Fsp3) is 0.200. The van der Waals surface area contributed by atoms with Crippen LogP contribution in [-0.2, 0) is 15.4 Å². The van der Waals surface area contributed by atoms with Crippen LogP contribution in [-0.4, -0.2) is 0 Å². The van der Waals surface area contributed by atoms with Crippen LogP contribution in [0.25, 0.3) is 11.6 Å². The van der Waals surface area contributed by atoms with E-state index in [1.807, 2.05) is 66.7 Å². The molecule has 0 aliphatic carbocycles. The Labute approximate surface area is 252 Å². The van der Waals surface area contributed by atoms with Gasteiger partial charge in [0.1, 0.15) is 0 Å². The van der Waals surface area contributed by atoms with Crippen molar-refractivity contribution in [1.82, 2.24) is 0 Å². The minimum atomic E-state index is -3.20. The first-order valence-corrected chi connectivity index (χ1v) is 16.4. The monoisotopic (exact) mass is 568 g/mol. The van der Waals surface area contributed by atoms with Gasteiger partial charge in [-0.05, 0) is 50.3 Å². The summed E-state index contributed by atoms with van der Waals surface area (Å²) in [6.07, 6.45) is 2.25. The van der Waals surface area contributed by atoms with Crippen molar-refractivity contribution in [3.63, 3.8) is 0 Å². The summed E-state index contributed by atoms with van der Waals surface area (Å²) >= 11 is 0. The first-order valence-electron chi connectivity index (χ1n) is 14.7. The van der Waals surface area contributed by atoms with Crippen LogP contribution in [0.3, 0.4) is 0 Å². The second-order valence-corrected chi connectivity index (χ2v) is 15.8. The van der Waals surface area contributed by atoms with Gasteiger partial charge in [0.15, 0.2) is 7.14 Å². The predicted octanol–water partition coefficient (Wildman–Crippen LogP) is 9.51. The van der Waals surface area contributed by atoms with Crippen LogP contribution in [0.2, 0.25) is 0 Å². The topological polar surface area (TPSA) is 17.1 Å². The van der Waals surface area contributed by atoms with Crippen molar-refractivity contribution in [1.29, 1.82) is 0 Å². The first-order chi connectivity index (χ1) is 20.0. The highest BCUT2D eigenvalue weighted by molar-refractivity contribution is 7.85. The van der Waals surface area contributed by atoms with E-state index in [-0.39, 0.29) is 10.8 Å². The Bertz CT molecular complexity index is 1670. The summed E-state index contributed by atoms with van der Waals surface area (Å²) in [5.41, 5.74) is 6.97. The van der Waals surface area contributed by atoms with Crippen LogP contribution >= 0.6 is 7.14 Å². The van der Waals surface area contributed by atoms with Crippen molar-refractivity contribution in [2.45, 2.75) is 52.4 Å². The first kappa shape index (κ1) is 29.6. The average molecular weight is 569 g/mol. The third-order valence-corrected chi connectivity index (χ3v) is 11.0. The second kappa shape index (κ2) is 11.7. The van der Waals surface area contributed by atoms with E-state index in [1.54, 1.807) is 0 Å². The van der Waals surface area contributed by atoms with Crippen LogP contribution in [0.1, 0.15) is 69.4 Å². The average Bonchev–Trinajstić information content (AvgIpc) is 3.00. The molecule has 5 aromatic carbocycles. The Kier molecular flexibility index (Phi) is 8.27. The molecule has 212 valence electrons. The summed E-state index contributed by atoms with van der Waals surface area (Å²) in [6, 6.07) is 45.8. The van der Waals surface area contributed by atoms with E-state index in [0.717, 1.165) is 38.2 Å². The molecule has 0 N–H and O–H groups in total. The van der Waals surface area contributed by atoms with Crippen molar-refractivity contribution in [2.75, 3.05) is 0 Å². The van der Waals surface area contributed by atoms with Gasteiger partial charge in [0.05, 0.1) is 0 Å². The van der Waals surface area contributed by atoms with E-state index in [0.29, 0.717) is 0 Å². The van der Waals surface area contributed by atoms with Crippen LogP contribution in [0.4, 0.5) is 0 Å². The number of hydrogen-bond acceptors (Lipinski definition) is 1. The molecule has 0 radical (unpaired) electrons. The summed E-state index contributed by atoms with van der Waals surface area (Å²) in [6.45, 7) is 13.4. The lowest BCUT2D eigenvalue weighted by atomic mass is 9.85. The zero-order chi connectivity index (χ0) is 30.0. The van der Waals surface area contributed by atoms with Gasteiger partial charge in [-0.2, -0.15) is 0 Å². The maximum Gasteiger partial charge on any atom is 0.171 e. The van der Waals surface area contributed by atoms with E-state index >= 15 is 4.57 Å². The fourth-order valence-electron chi connectivity index (χ4n) is 5.39. The van der Waals surface area contributed by atoms with E-state index < -0.39 is 7.14 Å². The SMILES string of the molecule is CC(C)(C)c1ccc(/C=C(\c2ccc(C(C)(C)C)cc2)c2ccccc2P(=O)(c2ccccc2)c2ccccc2)cc1. The van der Waals surface area contributed by atoms with Crippen molar-refractivity contribution in [3.05, 3.63) is 161 Å². The van der Waals surface area contributed by atoms with Crippen LogP contribution < -0.4 is 15.9 Å². The summed E-state index contributed by atoms with van der Waals surface area (Å²) in [5, 5.41) is 2.51. The molecule has 0 aliphatic rings. The number of rotatable bonds is 6. The highest BCUT2D eigenvalue weighted by atomic mass is 31.2. The molecule has 5 rings (SSSR count). The lowest BCUT2D eigenvalue weighted by molar-refractivity contribution is 0.590. The maximum atomic E-state index is 15.5. The third kappa shape index (κ3) is 6.13. The second-order valence-electron chi connectivity index (χ2n) is 13.1. The third-order valence-electron chi connectivity index (χ3n) is 7.92. The highest BCUT2D eigenvalue weighted by Gasteiger charge is 2.32. The number of benzene rings is 5. The van der Waals surface area contributed by atoms with E-state index in [9.17, 15) is 0 Å². The Hall–Kier alpha value is -3.93. The molecule has 0 bridgehead atoms. The highest BCUT2D eigenvalue weighted by Crippen LogP contribution is 2.45. The summed E-state index contributed by atoms with van der Waals surface area (Å²) in [5.74, 6) is 0. The quantitative estimate of drug-likeness (QED) is 0.147. The molecule has 0 saturated carbocycles. The van der Waals surface area contributed by atoms with Gasteiger partial charge in [-0.25, -0.2) is 0 Å². The summed E-state index contributed by atoms with van der Waals surface area (Å²) in [4.78, 5) is 0. The Morgan fingerprint density at radius 3 is 1.43 bits per heavy atom. The van der Waals surface area contributed by atoms with Crippen molar-refractivity contribution >= 4 is 34.7 Å². The van der Waals surface area contributed by atoms with Gasteiger partial charge in [0.25, 0.3) is 0 Å². The van der Waals surface area contributed by atoms with Gasteiger partial charge < -0.3 is 4.57 Å². The van der Waals surface area contributed by atoms with E-state index in [2.05, 4.69) is 114 Å². The molecule has 0 amide bonds. The van der Waals surface area contributed by atoms with Gasteiger partial charge in [-0.3, -0.25) is 0 Å². The largest absolute Gasteiger partial charge is 0.309 e. The zero-order valence-electron chi connectivity index (χ0n) is 25.6. The van der Waals surface area contributed by atoms with Crippen molar-refractivity contribution < 1.29 is 4.57 Å². The molecule has 0 aromatic heterocycles. The van der Waals surface area contributed by atoms with Gasteiger partial charge in [-0.1, -0.05) is 175 Å². The summed E-state index contributed by atoms with van der Waals surface area (Å²) < 4.78 is 15.5. The van der Waals surface area contributed by atoms with Crippen LogP contribution in [0.5, 0.6) is 0 Å². The molecule has 0 aliphatic heterocycles. The predicted molar refractivity (Wildman–Crippen MR) is 183 cm³/mol. The lowest BCUT2D eigenvalue weighted by Crippen LogP contribution is -2.27. The smallest absolute Gasteiger partial charge is 0.171 e. The molecule has 0 saturated heterocycles. The van der Waals surface area contributed by atoms with Crippen LogP contribution in [0, 0.1) is 0 Å². The molecule has 5 aromatic rings. The summed E-state index contributed by atoms with van der Waals surface area (Å²) in [7, 11) is -3.20. The molecule has 1 nitrogen and oxygen atoms in total. The minimum absolute atomic E-state index is 0.0550. The molecule has 0 heterocycles. The molecule has 0 atom stereocenters. The van der Waals surface area contributed by atoms with Crippen molar-refractivity contribution in [2.24, 2.45) is 0 Å². The van der Waals surface area contributed by atoms with Gasteiger partial charge in [0, 0.05) is 15.9 Å². The normalized spacial score (nSPS) is 12.8. The van der Waals surface area contributed by atoms with Crippen LogP contribution in [0.15, 0.2) is 133 Å². The Morgan fingerprint density at radius 1 is 0.524 bits per heavy atom. The van der Waals surface area contributed by atoms with Gasteiger partial charge in [-0.15, -0.1) is 0 Å².